The van der Waals surface area contributed by atoms with Crippen LogP contribution in [-0.4, -0.2) is 22.3 Å². The van der Waals surface area contributed by atoms with E-state index in [1.807, 2.05) is 30.5 Å². The maximum Gasteiger partial charge on any atom is 0.339 e. The van der Waals surface area contributed by atoms with Gasteiger partial charge in [-0.1, -0.05) is 6.07 Å². The Morgan fingerprint density at radius 2 is 2.22 bits per heavy atom. The number of nitrogens with zero attached hydrogens (tertiary/aromatic N) is 1. The largest absolute Gasteiger partial charge is 0.478 e. The normalized spacial score (nSPS) is 10.1. The lowest BCUT2D eigenvalue weighted by atomic mass is 10.2. The zero-order valence-electron chi connectivity index (χ0n) is 9.75. The molecule has 0 saturated carbocycles. The van der Waals surface area contributed by atoms with E-state index in [4.69, 9.17) is 5.11 Å². The summed E-state index contributed by atoms with van der Waals surface area (Å²) in [5.41, 5.74) is 1.55. The predicted octanol–water partition coefficient (Wildman–Crippen LogP) is 3.25. The maximum atomic E-state index is 11.1. The molecule has 2 rings (SSSR count). The van der Waals surface area contributed by atoms with Crippen molar-refractivity contribution in [1.29, 1.82) is 0 Å². The number of nitrogens with one attached hydrogen (secondary N) is 1. The Morgan fingerprint density at radius 3 is 2.94 bits per heavy atom. The second-order valence-electron chi connectivity index (χ2n) is 3.58. The Kier molecular flexibility index (Phi) is 3.84. The van der Waals surface area contributed by atoms with Gasteiger partial charge in [-0.3, -0.25) is 4.98 Å². The van der Waals surface area contributed by atoms with Crippen molar-refractivity contribution in [3.05, 3.63) is 48.3 Å². The Bertz CT molecular complexity index is 572. The molecule has 0 aliphatic rings. The van der Waals surface area contributed by atoms with E-state index in [0.717, 1.165) is 10.6 Å². The number of aromatic carboxylic acids is 1. The van der Waals surface area contributed by atoms with Gasteiger partial charge in [-0.25, -0.2) is 4.79 Å². The molecule has 5 heteroatoms. The predicted molar refractivity (Wildman–Crippen MR) is 72.7 cm³/mol. The molecular weight excluding hydrogens is 248 g/mol. The summed E-state index contributed by atoms with van der Waals surface area (Å²) in [7, 11) is 0. The maximum absolute atomic E-state index is 11.1. The van der Waals surface area contributed by atoms with Crippen molar-refractivity contribution in [2.75, 3.05) is 11.6 Å². The first kappa shape index (κ1) is 12.4. The van der Waals surface area contributed by atoms with Crippen LogP contribution in [0.4, 0.5) is 11.4 Å². The molecule has 2 N–H and O–H groups in total. The minimum absolute atomic E-state index is 0.159. The van der Waals surface area contributed by atoms with Crippen molar-refractivity contribution in [3.63, 3.8) is 0 Å². The van der Waals surface area contributed by atoms with E-state index in [-0.39, 0.29) is 5.56 Å². The van der Waals surface area contributed by atoms with Crippen molar-refractivity contribution in [1.82, 2.24) is 4.98 Å². The molecule has 92 valence electrons. The van der Waals surface area contributed by atoms with E-state index in [0.29, 0.717) is 5.69 Å². The summed E-state index contributed by atoms with van der Waals surface area (Å²) in [6, 6.07) is 9.44. The van der Waals surface area contributed by atoms with Crippen molar-refractivity contribution in [2.24, 2.45) is 0 Å². The zero-order chi connectivity index (χ0) is 13.0. The van der Waals surface area contributed by atoms with Crippen LogP contribution in [0.3, 0.4) is 0 Å². The third kappa shape index (κ3) is 2.81. The summed E-state index contributed by atoms with van der Waals surface area (Å²) >= 11 is 1.64. The number of thioether (sulfide) groups is 1. The second kappa shape index (κ2) is 5.55. The zero-order valence-corrected chi connectivity index (χ0v) is 10.6. The molecule has 1 aromatic carbocycles. The van der Waals surface area contributed by atoms with Gasteiger partial charge in [0.1, 0.15) is 5.56 Å². The van der Waals surface area contributed by atoms with E-state index in [1.165, 1.54) is 6.20 Å². The summed E-state index contributed by atoms with van der Waals surface area (Å²) in [5, 5.41) is 12.2. The number of carboxylic acid groups (broad SMARTS) is 1. The van der Waals surface area contributed by atoms with Crippen LogP contribution in [-0.2, 0) is 0 Å². The number of pyridine rings is 1. The third-order valence-corrected chi connectivity index (χ3v) is 3.13. The summed E-state index contributed by atoms with van der Waals surface area (Å²) in [4.78, 5) is 16.0. The molecule has 4 nitrogen and oxygen atoms in total. The fourth-order valence-corrected chi connectivity index (χ4v) is 1.99. The third-order valence-electron chi connectivity index (χ3n) is 2.40. The highest BCUT2D eigenvalue weighted by Gasteiger charge is 2.09. The average Bonchev–Trinajstić information content (AvgIpc) is 2.39. The topological polar surface area (TPSA) is 62.2 Å². The van der Waals surface area contributed by atoms with Crippen LogP contribution >= 0.6 is 11.8 Å². The van der Waals surface area contributed by atoms with E-state index in [9.17, 15) is 4.79 Å². The van der Waals surface area contributed by atoms with Crippen LogP contribution in [0.25, 0.3) is 0 Å². The minimum Gasteiger partial charge on any atom is -0.478 e. The SMILES string of the molecule is CSc1cccc(Nc2ccncc2C(=O)O)c1. The number of carbonyl (C=O) groups is 1. The monoisotopic (exact) mass is 260 g/mol. The number of hydrogen-bond donors (Lipinski definition) is 2. The van der Waals surface area contributed by atoms with Crippen LogP contribution in [0.15, 0.2) is 47.6 Å². The van der Waals surface area contributed by atoms with Crippen LogP contribution in [0.1, 0.15) is 10.4 Å². The van der Waals surface area contributed by atoms with E-state index in [1.54, 1.807) is 24.0 Å². The molecule has 0 aliphatic carbocycles. The van der Waals surface area contributed by atoms with Gasteiger partial charge in [0.25, 0.3) is 0 Å². The van der Waals surface area contributed by atoms with Crippen LogP contribution in [0, 0.1) is 0 Å². The highest BCUT2D eigenvalue weighted by molar-refractivity contribution is 7.98. The van der Waals surface area contributed by atoms with E-state index >= 15 is 0 Å². The van der Waals surface area contributed by atoms with Gasteiger partial charge in [-0.2, -0.15) is 0 Å². The van der Waals surface area contributed by atoms with Crippen molar-refractivity contribution in [2.45, 2.75) is 4.90 Å². The molecule has 2 aromatic rings. The molecule has 0 radical (unpaired) electrons. The molecule has 0 unspecified atom stereocenters. The average molecular weight is 260 g/mol. The highest BCUT2D eigenvalue weighted by atomic mass is 32.2. The number of rotatable bonds is 4. The minimum atomic E-state index is -0.994. The van der Waals surface area contributed by atoms with Gasteiger partial charge in [0.05, 0.1) is 5.69 Å². The Hall–Kier alpha value is -2.01. The van der Waals surface area contributed by atoms with Crippen LogP contribution in [0.5, 0.6) is 0 Å². The molecule has 0 aliphatic heterocycles. The lowest BCUT2D eigenvalue weighted by Gasteiger charge is -2.09. The summed E-state index contributed by atoms with van der Waals surface area (Å²) in [5.74, 6) is -0.994. The first-order chi connectivity index (χ1) is 8.70. The number of aromatic nitrogens is 1. The molecule has 0 atom stereocenters. The number of anilines is 2. The summed E-state index contributed by atoms with van der Waals surface area (Å²) in [6.45, 7) is 0. The molecule has 0 amide bonds. The van der Waals surface area contributed by atoms with Gasteiger partial charge < -0.3 is 10.4 Å². The summed E-state index contributed by atoms with van der Waals surface area (Å²) < 4.78 is 0. The van der Waals surface area contributed by atoms with E-state index < -0.39 is 5.97 Å². The summed E-state index contributed by atoms with van der Waals surface area (Å²) in [6.07, 6.45) is 4.89. The lowest BCUT2D eigenvalue weighted by molar-refractivity contribution is 0.0697. The smallest absolute Gasteiger partial charge is 0.339 e. The Balaban J connectivity index is 2.31. The van der Waals surface area contributed by atoms with E-state index in [2.05, 4.69) is 10.3 Å². The quantitative estimate of drug-likeness (QED) is 0.826. The molecule has 1 heterocycles. The first-order valence-electron chi connectivity index (χ1n) is 5.29. The molecule has 0 fully saturated rings. The Morgan fingerprint density at radius 1 is 1.39 bits per heavy atom. The fraction of sp³-hybridized carbons (Fsp3) is 0.0769. The van der Waals surface area contributed by atoms with Crippen LogP contribution in [0.2, 0.25) is 0 Å². The standard InChI is InChI=1S/C13H12N2O2S/c1-18-10-4-2-3-9(7-10)15-12-5-6-14-8-11(12)13(16)17/h2-8H,1H3,(H,14,15)(H,16,17). The Labute approximate surface area is 109 Å². The first-order valence-corrected chi connectivity index (χ1v) is 6.51. The second-order valence-corrected chi connectivity index (χ2v) is 4.46. The molecule has 18 heavy (non-hydrogen) atoms. The fourth-order valence-electron chi connectivity index (χ4n) is 1.53. The molecular formula is C13H12N2O2S. The highest BCUT2D eigenvalue weighted by Crippen LogP contribution is 2.23. The lowest BCUT2D eigenvalue weighted by Crippen LogP contribution is -2.03. The number of carboxylic acids is 1. The number of hydrogen-bond acceptors (Lipinski definition) is 4. The molecule has 0 bridgehead atoms. The van der Waals surface area contributed by atoms with Crippen molar-refractivity contribution < 1.29 is 9.90 Å². The van der Waals surface area contributed by atoms with Gasteiger partial charge in [-0.15, -0.1) is 11.8 Å². The molecule has 1 aromatic heterocycles. The van der Waals surface area contributed by atoms with Gasteiger partial charge in [0, 0.05) is 23.0 Å². The van der Waals surface area contributed by atoms with Crippen molar-refractivity contribution in [3.8, 4) is 0 Å². The van der Waals surface area contributed by atoms with Gasteiger partial charge >= 0.3 is 5.97 Å². The van der Waals surface area contributed by atoms with Gasteiger partial charge in [-0.05, 0) is 30.5 Å². The van der Waals surface area contributed by atoms with Crippen LogP contribution < -0.4 is 5.32 Å². The number of benzene rings is 1. The van der Waals surface area contributed by atoms with Gasteiger partial charge in [0.15, 0.2) is 0 Å². The molecule has 0 saturated heterocycles. The van der Waals surface area contributed by atoms with Crippen molar-refractivity contribution >= 4 is 29.1 Å². The van der Waals surface area contributed by atoms with Gasteiger partial charge in [0.2, 0.25) is 0 Å². The molecule has 0 spiro atoms.